The van der Waals surface area contributed by atoms with Gasteiger partial charge in [0.1, 0.15) is 5.69 Å². The summed E-state index contributed by atoms with van der Waals surface area (Å²) in [7, 11) is 3.52. The van der Waals surface area contributed by atoms with Crippen LogP contribution >= 0.6 is 0 Å². The maximum Gasteiger partial charge on any atom is 0.278 e. The number of aromatic hydroxyl groups is 1. The van der Waals surface area contributed by atoms with Crippen LogP contribution in [0.5, 0.6) is 5.75 Å². The van der Waals surface area contributed by atoms with Gasteiger partial charge in [0.2, 0.25) is 0 Å². The zero-order chi connectivity index (χ0) is 15.7. The van der Waals surface area contributed by atoms with Crippen LogP contribution in [0.25, 0.3) is 10.9 Å². The summed E-state index contributed by atoms with van der Waals surface area (Å²) in [4.78, 5) is 14.5. The summed E-state index contributed by atoms with van der Waals surface area (Å²) >= 11 is 0. The van der Waals surface area contributed by atoms with Gasteiger partial charge in [-0.25, -0.2) is 0 Å². The highest BCUT2D eigenvalue weighted by Crippen LogP contribution is 2.31. The lowest BCUT2D eigenvalue weighted by atomic mass is 10.1. The van der Waals surface area contributed by atoms with Gasteiger partial charge in [0, 0.05) is 19.5 Å². The van der Waals surface area contributed by atoms with Gasteiger partial charge < -0.3 is 14.6 Å². The van der Waals surface area contributed by atoms with E-state index in [-0.39, 0.29) is 11.3 Å². The molecule has 0 amide bonds. The Labute approximate surface area is 128 Å². The normalized spacial score (nSPS) is 10.8. The van der Waals surface area contributed by atoms with Crippen molar-refractivity contribution in [1.82, 2.24) is 4.57 Å². The number of nitrogens with zero attached hydrogens (tertiary/aromatic N) is 2. The number of aromatic nitrogens is 1. The first-order valence-electron chi connectivity index (χ1n) is 7.15. The molecule has 3 rings (SSSR count). The lowest BCUT2D eigenvalue weighted by Gasteiger charge is -2.19. The van der Waals surface area contributed by atoms with E-state index in [1.165, 1.54) is 0 Å². The number of para-hydroxylation sites is 1. The van der Waals surface area contributed by atoms with E-state index >= 15 is 0 Å². The highest BCUT2D eigenvalue weighted by atomic mass is 16.3. The molecule has 112 valence electrons. The smallest absolute Gasteiger partial charge is 0.278 e. The first kappa shape index (κ1) is 14.2. The molecule has 3 aromatic rings. The predicted octanol–water partition coefficient (Wildman–Crippen LogP) is 2.82. The molecule has 1 N–H and O–H groups in total. The number of pyridine rings is 1. The summed E-state index contributed by atoms with van der Waals surface area (Å²) in [5, 5.41) is 11.1. The molecule has 0 aliphatic rings. The van der Waals surface area contributed by atoms with Gasteiger partial charge in [-0.05, 0) is 17.7 Å². The Morgan fingerprint density at radius 2 is 1.64 bits per heavy atom. The average molecular weight is 294 g/mol. The second-order valence-electron chi connectivity index (χ2n) is 5.49. The molecule has 0 spiro atoms. The Morgan fingerprint density at radius 1 is 1.00 bits per heavy atom. The summed E-state index contributed by atoms with van der Waals surface area (Å²) in [6.45, 7) is 0.474. The van der Waals surface area contributed by atoms with Gasteiger partial charge in [0.15, 0.2) is 5.75 Å². The van der Waals surface area contributed by atoms with E-state index in [0.29, 0.717) is 17.6 Å². The van der Waals surface area contributed by atoms with Crippen molar-refractivity contribution >= 4 is 16.6 Å². The van der Waals surface area contributed by atoms with Crippen molar-refractivity contribution in [3.8, 4) is 5.75 Å². The Morgan fingerprint density at radius 3 is 2.32 bits per heavy atom. The van der Waals surface area contributed by atoms with Gasteiger partial charge in [-0.15, -0.1) is 0 Å². The summed E-state index contributed by atoms with van der Waals surface area (Å²) in [6, 6.07) is 17.3. The minimum Gasteiger partial charge on any atom is -0.505 e. The Kier molecular flexibility index (Phi) is 3.59. The molecule has 4 nitrogen and oxygen atoms in total. The Bertz CT molecular complexity index is 867. The fraction of sp³-hybridized carbons (Fsp3) is 0.167. The zero-order valence-corrected chi connectivity index (χ0v) is 12.7. The largest absolute Gasteiger partial charge is 0.505 e. The van der Waals surface area contributed by atoms with Crippen molar-refractivity contribution in [1.29, 1.82) is 0 Å². The van der Waals surface area contributed by atoms with Crippen LogP contribution in [-0.4, -0.2) is 23.8 Å². The van der Waals surface area contributed by atoms with Gasteiger partial charge >= 0.3 is 0 Å². The highest BCUT2D eigenvalue weighted by Gasteiger charge is 2.17. The number of fused-ring (bicyclic) bond motifs is 1. The van der Waals surface area contributed by atoms with E-state index in [2.05, 4.69) is 0 Å². The van der Waals surface area contributed by atoms with Crippen LogP contribution in [0.3, 0.4) is 0 Å². The maximum atomic E-state index is 12.8. The van der Waals surface area contributed by atoms with Gasteiger partial charge in [0.05, 0.1) is 12.1 Å². The summed E-state index contributed by atoms with van der Waals surface area (Å²) < 4.78 is 1.71. The van der Waals surface area contributed by atoms with Crippen LogP contribution in [0.15, 0.2) is 59.4 Å². The van der Waals surface area contributed by atoms with E-state index in [4.69, 9.17) is 0 Å². The number of hydrogen-bond acceptors (Lipinski definition) is 3. The third-order valence-corrected chi connectivity index (χ3v) is 3.75. The Hall–Kier alpha value is -2.75. The lowest BCUT2D eigenvalue weighted by molar-refractivity contribution is 0.479. The summed E-state index contributed by atoms with van der Waals surface area (Å²) in [5.41, 5.74) is 1.91. The molecule has 22 heavy (non-hydrogen) atoms. The second kappa shape index (κ2) is 5.56. The third-order valence-electron chi connectivity index (χ3n) is 3.75. The van der Waals surface area contributed by atoms with Crippen LogP contribution in [0.4, 0.5) is 5.69 Å². The molecule has 0 atom stereocenters. The maximum absolute atomic E-state index is 12.8. The van der Waals surface area contributed by atoms with Crippen molar-refractivity contribution < 1.29 is 5.11 Å². The highest BCUT2D eigenvalue weighted by molar-refractivity contribution is 5.90. The molecule has 0 saturated carbocycles. The molecule has 0 unspecified atom stereocenters. The van der Waals surface area contributed by atoms with Crippen molar-refractivity contribution in [2.45, 2.75) is 6.54 Å². The second-order valence-corrected chi connectivity index (χ2v) is 5.49. The fourth-order valence-corrected chi connectivity index (χ4v) is 2.70. The molecule has 0 saturated heterocycles. The molecule has 0 aliphatic heterocycles. The van der Waals surface area contributed by atoms with Crippen molar-refractivity contribution in [3.63, 3.8) is 0 Å². The van der Waals surface area contributed by atoms with Crippen LogP contribution in [-0.2, 0) is 6.54 Å². The van der Waals surface area contributed by atoms with E-state index in [1.807, 2.05) is 54.6 Å². The molecule has 0 bridgehead atoms. The predicted molar refractivity (Wildman–Crippen MR) is 89.7 cm³/mol. The molecule has 1 aromatic heterocycles. The first-order chi connectivity index (χ1) is 10.6. The minimum absolute atomic E-state index is 0.0370. The van der Waals surface area contributed by atoms with Crippen LogP contribution in [0.1, 0.15) is 5.56 Å². The van der Waals surface area contributed by atoms with Gasteiger partial charge in [-0.2, -0.15) is 0 Å². The monoisotopic (exact) mass is 294 g/mol. The molecule has 0 aliphatic carbocycles. The standard InChI is InChI=1S/C18H18N2O2/c1-19(2)16-17(21)14-10-6-7-11-15(14)20(18(16)22)12-13-8-4-3-5-9-13/h3-11,21H,12H2,1-2H3. The molecular weight excluding hydrogens is 276 g/mol. The van der Waals surface area contributed by atoms with Crippen LogP contribution in [0, 0.1) is 0 Å². The van der Waals surface area contributed by atoms with Crippen LogP contribution in [0.2, 0.25) is 0 Å². The third kappa shape index (κ3) is 2.33. The van der Waals surface area contributed by atoms with Crippen molar-refractivity contribution in [3.05, 3.63) is 70.5 Å². The van der Waals surface area contributed by atoms with Gasteiger partial charge in [-0.3, -0.25) is 4.79 Å². The summed E-state index contributed by atoms with van der Waals surface area (Å²) in [5.74, 6) is 0.0370. The minimum atomic E-state index is -0.190. The fourth-order valence-electron chi connectivity index (χ4n) is 2.70. The van der Waals surface area contributed by atoms with E-state index < -0.39 is 0 Å². The molecule has 1 heterocycles. The van der Waals surface area contributed by atoms with E-state index in [9.17, 15) is 9.90 Å². The molecular formula is C18H18N2O2. The van der Waals surface area contributed by atoms with E-state index in [0.717, 1.165) is 11.1 Å². The number of anilines is 1. The number of rotatable bonds is 3. The molecule has 4 heteroatoms. The quantitative estimate of drug-likeness (QED) is 0.808. The SMILES string of the molecule is CN(C)c1c(O)c2ccccc2n(Cc2ccccc2)c1=O. The number of hydrogen-bond donors (Lipinski definition) is 1. The zero-order valence-electron chi connectivity index (χ0n) is 12.7. The topological polar surface area (TPSA) is 45.5 Å². The molecule has 2 aromatic carbocycles. The number of benzene rings is 2. The summed E-state index contributed by atoms with van der Waals surface area (Å²) in [6.07, 6.45) is 0. The van der Waals surface area contributed by atoms with Crippen molar-refractivity contribution in [2.75, 3.05) is 19.0 Å². The first-order valence-corrected chi connectivity index (χ1v) is 7.15. The van der Waals surface area contributed by atoms with Gasteiger partial charge in [-0.1, -0.05) is 42.5 Å². The molecule has 0 fully saturated rings. The van der Waals surface area contributed by atoms with Crippen LogP contribution < -0.4 is 10.5 Å². The molecule has 0 radical (unpaired) electrons. The Balaban J connectivity index is 2.30. The average Bonchev–Trinajstić information content (AvgIpc) is 2.52. The van der Waals surface area contributed by atoms with Gasteiger partial charge in [0.25, 0.3) is 5.56 Å². The van der Waals surface area contributed by atoms with Crippen molar-refractivity contribution in [2.24, 2.45) is 0 Å². The van der Waals surface area contributed by atoms with E-state index in [1.54, 1.807) is 23.6 Å². The lowest BCUT2D eigenvalue weighted by Crippen LogP contribution is -2.28.